The van der Waals surface area contributed by atoms with Crippen molar-refractivity contribution in [2.24, 2.45) is 0 Å². The van der Waals surface area contributed by atoms with Gasteiger partial charge in [-0.1, -0.05) is 37.5 Å². The summed E-state index contributed by atoms with van der Waals surface area (Å²) in [6.07, 6.45) is 0. The van der Waals surface area contributed by atoms with Crippen molar-refractivity contribution in [3.8, 4) is 0 Å². The van der Waals surface area contributed by atoms with Gasteiger partial charge < -0.3 is 9.84 Å². The second-order valence-electron chi connectivity index (χ2n) is 5.65. The Bertz CT molecular complexity index is 618. The number of hydrogen-bond donors (Lipinski definition) is 1. The normalized spacial score (nSPS) is 11.7. The van der Waals surface area contributed by atoms with E-state index in [1.165, 1.54) is 0 Å². The number of anilines is 1. The molecule has 6 nitrogen and oxygen atoms in total. The molecule has 0 aliphatic carbocycles. The highest BCUT2D eigenvalue weighted by Gasteiger charge is 2.20. The van der Waals surface area contributed by atoms with Crippen molar-refractivity contribution in [2.75, 3.05) is 5.32 Å². The first-order valence-corrected chi connectivity index (χ1v) is 6.73. The summed E-state index contributed by atoms with van der Waals surface area (Å²) in [6, 6.07) is 0. The van der Waals surface area contributed by atoms with Crippen molar-refractivity contribution in [3.05, 3.63) is 28.3 Å². The summed E-state index contributed by atoms with van der Waals surface area (Å²) >= 11 is 6.17. The monoisotopic (exact) mass is 295 g/mol. The zero-order valence-electron chi connectivity index (χ0n) is 12.3. The van der Waals surface area contributed by atoms with E-state index >= 15 is 0 Å². The maximum Gasteiger partial charge on any atom is 0.245 e. The third kappa shape index (κ3) is 3.25. The van der Waals surface area contributed by atoms with Gasteiger partial charge in [0.1, 0.15) is 16.8 Å². The number of aromatic nitrogens is 4. The van der Waals surface area contributed by atoms with Gasteiger partial charge in [0.05, 0.1) is 6.54 Å². The van der Waals surface area contributed by atoms with Gasteiger partial charge in [-0.2, -0.15) is 4.98 Å². The zero-order valence-corrected chi connectivity index (χ0v) is 13.0. The highest BCUT2D eigenvalue weighted by Crippen LogP contribution is 2.26. The van der Waals surface area contributed by atoms with E-state index in [-0.39, 0.29) is 5.41 Å². The predicted octanol–water partition coefficient (Wildman–Crippen LogP) is 3.04. The molecule has 7 heteroatoms. The van der Waals surface area contributed by atoms with E-state index in [0.29, 0.717) is 35.1 Å². The quantitative estimate of drug-likeness (QED) is 0.877. The smallest absolute Gasteiger partial charge is 0.245 e. The van der Waals surface area contributed by atoms with Crippen molar-refractivity contribution in [1.29, 1.82) is 0 Å². The SMILES string of the molecule is Cc1noc(CNc2nc(C(C)(C)C)nc(Cl)c2C)n1. The molecule has 0 spiro atoms. The van der Waals surface area contributed by atoms with Crippen molar-refractivity contribution in [2.45, 2.75) is 46.6 Å². The third-order valence-corrected chi connectivity index (χ3v) is 3.10. The van der Waals surface area contributed by atoms with Crippen LogP contribution >= 0.6 is 11.6 Å². The fourth-order valence-electron chi connectivity index (χ4n) is 1.57. The molecule has 2 aromatic heterocycles. The Hall–Kier alpha value is -1.69. The number of nitrogens with one attached hydrogen (secondary N) is 1. The number of nitrogens with zero attached hydrogens (tertiary/aromatic N) is 4. The van der Waals surface area contributed by atoms with E-state index in [9.17, 15) is 0 Å². The van der Waals surface area contributed by atoms with Crippen molar-refractivity contribution < 1.29 is 4.52 Å². The molecule has 0 bridgehead atoms. The highest BCUT2D eigenvalue weighted by molar-refractivity contribution is 6.30. The van der Waals surface area contributed by atoms with Crippen LogP contribution in [-0.2, 0) is 12.0 Å². The lowest BCUT2D eigenvalue weighted by atomic mass is 9.95. The van der Waals surface area contributed by atoms with E-state index in [1.54, 1.807) is 6.92 Å². The minimum atomic E-state index is -0.172. The minimum absolute atomic E-state index is 0.172. The van der Waals surface area contributed by atoms with E-state index in [2.05, 4.69) is 25.4 Å². The molecule has 0 fully saturated rings. The Kier molecular flexibility index (Phi) is 3.94. The van der Waals surface area contributed by atoms with E-state index in [0.717, 1.165) is 5.56 Å². The van der Waals surface area contributed by atoms with Crippen molar-refractivity contribution >= 4 is 17.4 Å². The van der Waals surface area contributed by atoms with Gasteiger partial charge >= 0.3 is 0 Å². The van der Waals surface area contributed by atoms with Gasteiger partial charge in [-0.25, -0.2) is 9.97 Å². The van der Waals surface area contributed by atoms with Crippen LogP contribution in [0.25, 0.3) is 0 Å². The third-order valence-electron chi connectivity index (χ3n) is 2.73. The molecule has 1 N–H and O–H groups in total. The van der Waals surface area contributed by atoms with Crippen LogP contribution in [0.5, 0.6) is 0 Å². The van der Waals surface area contributed by atoms with E-state index in [1.807, 2.05) is 27.7 Å². The molecule has 0 unspecified atom stereocenters. The lowest BCUT2D eigenvalue weighted by Crippen LogP contribution is -2.18. The second kappa shape index (κ2) is 5.36. The fourth-order valence-corrected chi connectivity index (χ4v) is 1.74. The predicted molar refractivity (Wildman–Crippen MR) is 76.8 cm³/mol. The molecule has 0 aromatic carbocycles. The van der Waals surface area contributed by atoms with Gasteiger partial charge in [-0.15, -0.1) is 0 Å². The summed E-state index contributed by atoms with van der Waals surface area (Å²) < 4.78 is 5.05. The molecule has 0 radical (unpaired) electrons. The highest BCUT2D eigenvalue weighted by atomic mass is 35.5. The van der Waals surface area contributed by atoms with Crippen LogP contribution in [0, 0.1) is 13.8 Å². The van der Waals surface area contributed by atoms with Gasteiger partial charge in [-0.3, -0.25) is 0 Å². The number of aryl methyl sites for hydroxylation is 1. The summed E-state index contributed by atoms with van der Waals surface area (Å²) in [6.45, 7) is 10.2. The first kappa shape index (κ1) is 14.7. The minimum Gasteiger partial charge on any atom is -0.361 e. The molecule has 2 rings (SSSR count). The van der Waals surface area contributed by atoms with Crippen LogP contribution in [0.2, 0.25) is 5.15 Å². The lowest BCUT2D eigenvalue weighted by Gasteiger charge is -2.19. The molecule has 0 aliphatic rings. The Balaban J connectivity index is 2.24. The Morgan fingerprint density at radius 3 is 2.40 bits per heavy atom. The maximum absolute atomic E-state index is 6.17. The first-order valence-electron chi connectivity index (χ1n) is 6.35. The number of hydrogen-bond acceptors (Lipinski definition) is 6. The molecule has 2 aromatic rings. The van der Waals surface area contributed by atoms with Crippen LogP contribution in [-0.4, -0.2) is 20.1 Å². The maximum atomic E-state index is 6.17. The lowest BCUT2D eigenvalue weighted by molar-refractivity contribution is 0.379. The van der Waals surface area contributed by atoms with Gasteiger partial charge in [0, 0.05) is 11.0 Å². The standard InChI is InChI=1S/C13H18ClN5O/c1-7-10(14)17-12(13(3,4)5)18-11(7)15-6-9-16-8(2)19-20-9/h6H2,1-5H3,(H,15,17,18). The van der Waals surface area contributed by atoms with E-state index in [4.69, 9.17) is 16.1 Å². The summed E-state index contributed by atoms with van der Waals surface area (Å²) in [4.78, 5) is 13.0. The largest absolute Gasteiger partial charge is 0.361 e. The Morgan fingerprint density at radius 2 is 1.85 bits per heavy atom. The summed E-state index contributed by atoms with van der Waals surface area (Å²) in [5.74, 6) is 2.49. The number of halogens is 1. The Labute approximate surface area is 123 Å². The van der Waals surface area contributed by atoms with Crippen LogP contribution in [0.1, 0.15) is 43.9 Å². The molecule has 0 aliphatic heterocycles. The van der Waals surface area contributed by atoms with Gasteiger partial charge in [0.2, 0.25) is 5.89 Å². The average molecular weight is 296 g/mol. The summed E-state index contributed by atoms with van der Waals surface area (Å²) in [7, 11) is 0. The Morgan fingerprint density at radius 1 is 1.15 bits per heavy atom. The molecule has 0 amide bonds. The molecule has 0 saturated heterocycles. The fraction of sp³-hybridized carbons (Fsp3) is 0.538. The zero-order chi connectivity index (χ0) is 14.9. The average Bonchev–Trinajstić information content (AvgIpc) is 2.75. The first-order chi connectivity index (χ1) is 9.27. The topological polar surface area (TPSA) is 76.7 Å². The number of rotatable bonds is 3. The van der Waals surface area contributed by atoms with Crippen LogP contribution in [0.4, 0.5) is 5.82 Å². The molecular formula is C13H18ClN5O. The van der Waals surface area contributed by atoms with Crippen LogP contribution in [0.15, 0.2) is 4.52 Å². The van der Waals surface area contributed by atoms with Gasteiger partial charge in [-0.05, 0) is 13.8 Å². The van der Waals surface area contributed by atoms with Crippen LogP contribution < -0.4 is 5.32 Å². The van der Waals surface area contributed by atoms with Crippen molar-refractivity contribution in [1.82, 2.24) is 20.1 Å². The molecule has 0 atom stereocenters. The molecule has 0 saturated carbocycles. The molecule has 2 heterocycles. The van der Waals surface area contributed by atoms with Gasteiger partial charge in [0.15, 0.2) is 5.82 Å². The molecule has 20 heavy (non-hydrogen) atoms. The summed E-state index contributed by atoms with van der Waals surface area (Å²) in [5.41, 5.74) is 0.630. The second-order valence-corrected chi connectivity index (χ2v) is 6.01. The van der Waals surface area contributed by atoms with Gasteiger partial charge in [0.25, 0.3) is 0 Å². The van der Waals surface area contributed by atoms with E-state index < -0.39 is 0 Å². The van der Waals surface area contributed by atoms with Crippen molar-refractivity contribution in [3.63, 3.8) is 0 Å². The van der Waals surface area contributed by atoms with Crippen LogP contribution in [0.3, 0.4) is 0 Å². The molecule has 108 valence electrons. The summed E-state index contributed by atoms with van der Waals surface area (Å²) in [5, 5.41) is 7.36. The molecular weight excluding hydrogens is 278 g/mol.